The highest BCUT2D eigenvalue weighted by molar-refractivity contribution is 6.58. The third kappa shape index (κ3) is 4.39. The van der Waals surface area contributed by atoms with Crippen molar-refractivity contribution < 1.29 is 24.3 Å². The number of nitrogens with one attached hydrogen (secondary N) is 1. The summed E-state index contributed by atoms with van der Waals surface area (Å²) in [4.78, 5) is 26.0. The first-order valence-corrected chi connectivity index (χ1v) is 11.3. The van der Waals surface area contributed by atoms with E-state index in [0.717, 1.165) is 5.56 Å². The van der Waals surface area contributed by atoms with Crippen molar-refractivity contribution in [2.75, 3.05) is 19.5 Å². The average Bonchev–Trinajstić information content (AvgIpc) is 3.30. The molecule has 0 bridgehead atoms. The first-order valence-electron chi connectivity index (χ1n) is 11.3. The Morgan fingerprint density at radius 2 is 1.78 bits per heavy atom. The molecule has 12 heteroatoms. The lowest BCUT2D eigenvalue weighted by Gasteiger charge is -2.14. The van der Waals surface area contributed by atoms with E-state index in [9.17, 15) is 14.8 Å². The Kier molecular flexibility index (Phi) is 6.34. The van der Waals surface area contributed by atoms with Gasteiger partial charge in [-0.25, -0.2) is 9.55 Å². The maximum absolute atomic E-state index is 12.0. The van der Waals surface area contributed by atoms with Crippen molar-refractivity contribution in [3.8, 4) is 17.7 Å². The van der Waals surface area contributed by atoms with Gasteiger partial charge in [-0.15, -0.1) is 0 Å². The molecule has 5 rings (SSSR count). The van der Waals surface area contributed by atoms with Crippen molar-refractivity contribution in [2.24, 2.45) is 5.73 Å². The summed E-state index contributed by atoms with van der Waals surface area (Å²) in [6, 6.07) is 17.7. The van der Waals surface area contributed by atoms with Gasteiger partial charge in [0, 0.05) is 11.9 Å². The van der Waals surface area contributed by atoms with Gasteiger partial charge in [0.1, 0.15) is 22.6 Å². The molecule has 5 aromatic rings. The number of carbonyl (C=O) groups excluding carboxylic acids is 1. The molecule has 0 saturated carbocycles. The molecule has 11 nitrogen and oxygen atoms in total. The molecule has 0 atom stereocenters. The van der Waals surface area contributed by atoms with Crippen LogP contribution in [0.1, 0.15) is 15.9 Å². The monoisotopic (exact) mass is 498 g/mol. The topological polar surface area (TPSA) is 158 Å². The third-order valence-corrected chi connectivity index (χ3v) is 5.91. The van der Waals surface area contributed by atoms with E-state index in [1.165, 1.54) is 7.11 Å². The van der Waals surface area contributed by atoms with Gasteiger partial charge in [-0.3, -0.25) is 4.79 Å². The van der Waals surface area contributed by atoms with Gasteiger partial charge in [-0.2, -0.15) is 9.97 Å². The molecule has 1 amide bonds. The number of ether oxygens (including phenoxy) is 2. The van der Waals surface area contributed by atoms with Crippen LogP contribution in [0.2, 0.25) is 0 Å². The molecule has 5 N–H and O–H groups in total. The largest absolute Gasteiger partial charge is 0.494 e. The summed E-state index contributed by atoms with van der Waals surface area (Å²) in [7, 11) is 1.45. The average molecular weight is 498 g/mol. The quantitative estimate of drug-likeness (QED) is 0.232. The van der Waals surface area contributed by atoms with Crippen LogP contribution in [-0.2, 0) is 6.54 Å². The number of hydrogen-bond donors (Lipinski definition) is 4. The standard InChI is InChI=1S/C25H23BN6O5/c1-36-19-11-5-9-17-21(19)29-24(31-23(17)28-13-14-6-3-7-15(12-14)26(34)35)32-18-10-4-8-16(22(27)33)20(18)30-25(32)37-2/h3-12,34-35H,13H2,1-2H3,(H2,27,33)(H,28,29,31). The van der Waals surface area contributed by atoms with Crippen LogP contribution in [0.5, 0.6) is 11.8 Å². The summed E-state index contributed by atoms with van der Waals surface area (Å²) in [6.07, 6.45) is 0. The van der Waals surface area contributed by atoms with Crippen molar-refractivity contribution in [3.05, 3.63) is 71.8 Å². The smallest absolute Gasteiger partial charge is 0.488 e. The van der Waals surface area contributed by atoms with Crippen molar-refractivity contribution in [2.45, 2.75) is 6.54 Å². The van der Waals surface area contributed by atoms with E-state index >= 15 is 0 Å². The number of amides is 1. The molecule has 0 aliphatic heterocycles. The first-order chi connectivity index (χ1) is 17.9. The fraction of sp³-hybridized carbons (Fsp3) is 0.120. The minimum absolute atomic E-state index is 0.175. The molecule has 0 aliphatic rings. The van der Waals surface area contributed by atoms with Crippen LogP contribution < -0.4 is 26.0 Å². The van der Waals surface area contributed by atoms with Gasteiger partial charge in [0.15, 0.2) is 0 Å². The lowest BCUT2D eigenvalue weighted by atomic mass is 9.80. The van der Waals surface area contributed by atoms with Crippen molar-refractivity contribution in [3.63, 3.8) is 0 Å². The van der Waals surface area contributed by atoms with Gasteiger partial charge < -0.3 is 30.6 Å². The summed E-state index contributed by atoms with van der Waals surface area (Å²) in [5, 5.41) is 23.1. The number of fused-ring (bicyclic) bond motifs is 2. The Bertz CT molecular complexity index is 1640. The molecule has 0 radical (unpaired) electrons. The van der Waals surface area contributed by atoms with Gasteiger partial charge in [0.2, 0.25) is 5.95 Å². The third-order valence-electron chi connectivity index (χ3n) is 5.91. The van der Waals surface area contributed by atoms with Crippen LogP contribution in [0.3, 0.4) is 0 Å². The van der Waals surface area contributed by atoms with Gasteiger partial charge in [0.05, 0.1) is 25.3 Å². The second kappa shape index (κ2) is 9.76. The number of hydrogen-bond acceptors (Lipinski definition) is 9. The SMILES string of the molecule is COc1cccc2c(NCc3cccc(B(O)O)c3)nc(-n3c(OC)nc4c(C(N)=O)cccc43)nc12. The number of methoxy groups -OCH3 is 2. The van der Waals surface area contributed by atoms with Crippen molar-refractivity contribution in [1.29, 1.82) is 0 Å². The second-order valence-corrected chi connectivity index (χ2v) is 8.17. The minimum atomic E-state index is -1.57. The normalized spacial score (nSPS) is 11.0. The zero-order valence-electron chi connectivity index (χ0n) is 20.0. The van der Waals surface area contributed by atoms with Gasteiger partial charge >= 0.3 is 13.1 Å². The van der Waals surface area contributed by atoms with Crippen molar-refractivity contribution in [1.82, 2.24) is 19.5 Å². The molecule has 3 aromatic carbocycles. The lowest BCUT2D eigenvalue weighted by molar-refractivity contribution is 0.100. The van der Waals surface area contributed by atoms with Gasteiger partial charge in [0.25, 0.3) is 5.91 Å². The van der Waals surface area contributed by atoms with E-state index in [-0.39, 0.29) is 17.5 Å². The van der Waals surface area contributed by atoms with E-state index < -0.39 is 13.0 Å². The fourth-order valence-corrected chi connectivity index (χ4v) is 4.17. The van der Waals surface area contributed by atoms with E-state index in [1.807, 2.05) is 18.2 Å². The van der Waals surface area contributed by atoms with Crippen LogP contribution in [-0.4, -0.2) is 56.8 Å². The zero-order valence-corrected chi connectivity index (χ0v) is 20.0. The number of para-hydroxylation sites is 2. The molecule has 37 heavy (non-hydrogen) atoms. The molecule has 0 unspecified atom stereocenters. The molecular weight excluding hydrogens is 475 g/mol. The highest BCUT2D eigenvalue weighted by Crippen LogP contribution is 2.32. The second-order valence-electron chi connectivity index (χ2n) is 8.17. The Morgan fingerprint density at radius 1 is 1.00 bits per heavy atom. The Labute approximate surface area is 211 Å². The van der Waals surface area contributed by atoms with Gasteiger partial charge in [-0.1, -0.05) is 36.4 Å². The Balaban J connectivity index is 1.68. The molecule has 186 valence electrons. The number of benzene rings is 3. The minimum Gasteiger partial charge on any atom is -0.494 e. The molecule has 0 aliphatic carbocycles. The highest BCUT2D eigenvalue weighted by atomic mass is 16.5. The van der Waals surface area contributed by atoms with Crippen molar-refractivity contribution >= 4 is 46.2 Å². The maximum Gasteiger partial charge on any atom is 0.488 e. The number of carbonyl (C=O) groups is 1. The van der Waals surface area contributed by atoms with Crippen LogP contribution in [0.15, 0.2) is 60.7 Å². The summed E-state index contributed by atoms with van der Waals surface area (Å²) in [6.45, 7) is 0.344. The number of nitrogens with two attached hydrogens (primary N) is 1. The number of primary amides is 1. The summed E-state index contributed by atoms with van der Waals surface area (Å²) in [5.41, 5.74) is 8.46. The Hall–Kier alpha value is -4.68. The Morgan fingerprint density at radius 3 is 2.51 bits per heavy atom. The zero-order chi connectivity index (χ0) is 26.1. The summed E-state index contributed by atoms with van der Waals surface area (Å²) < 4.78 is 12.7. The predicted molar refractivity (Wildman–Crippen MR) is 139 cm³/mol. The number of aromatic nitrogens is 4. The van der Waals surface area contributed by atoms with Crippen LogP contribution in [0, 0.1) is 0 Å². The van der Waals surface area contributed by atoms with E-state index in [1.54, 1.807) is 54.1 Å². The van der Waals surface area contributed by atoms with Gasteiger partial charge in [-0.05, 0) is 35.3 Å². The summed E-state index contributed by atoms with van der Waals surface area (Å²) in [5.74, 6) is 0.663. The summed E-state index contributed by atoms with van der Waals surface area (Å²) >= 11 is 0. The molecule has 0 spiro atoms. The van der Waals surface area contributed by atoms with E-state index in [2.05, 4.69) is 10.3 Å². The van der Waals surface area contributed by atoms with E-state index in [4.69, 9.17) is 25.2 Å². The van der Waals surface area contributed by atoms with Crippen LogP contribution in [0.25, 0.3) is 27.9 Å². The van der Waals surface area contributed by atoms with Crippen LogP contribution in [0.4, 0.5) is 5.82 Å². The molecular formula is C25H23BN6O5. The molecule has 0 fully saturated rings. The molecule has 2 aromatic heterocycles. The maximum atomic E-state index is 12.0. The van der Waals surface area contributed by atoms with E-state index in [0.29, 0.717) is 45.5 Å². The predicted octanol–water partition coefficient (Wildman–Crippen LogP) is 1.38. The first kappa shape index (κ1) is 24.0. The van der Waals surface area contributed by atoms with Crippen LogP contribution >= 0.6 is 0 Å². The highest BCUT2D eigenvalue weighted by Gasteiger charge is 2.21. The number of rotatable bonds is 8. The number of anilines is 1. The number of nitrogens with zero attached hydrogens (tertiary/aromatic N) is 4. The fourth-order valence-electron chi connectivity index (χ4n) is 4.17. The number of imidazole rings is 1. The molecule has 0 saturated heterocycles. The molecule has 2 heterocycles. The lowest BCUT2D eigenvalue weighted by Crippen LogP contribution is -2.30.